The Morgan fingerprint density at radius 1 is 0.963 bits per heavy atom. The van der Waals surface area contributed by atoms with Crippen LogP contribution in [0.25, 0.3) is 0 Å². The predicted octanol–water partition coefficient (Wildman–Crippen LogP) is -0.614. The minimum Gasteiger partial charge on any atom is -0.390 e. The van der Waals surface area contributed by atoms with E-state index in [1.54, 1.807) is 21.0 Å². The van der Waals surface area contributed by atoms with E-state index >= 15 is 0 Å². The highest BCUT2D eigenvalue weighted by molar-refractivity contribution is 8.93. The molecule has 3 aliphatic rings. The molecule has 2 heterocycles. The lowest BCUT2D eigenvalue weighted by atomic mass is 9.80. The molecule has 3 rings (SSSR count). The Labute approximate surface area is 200 Å². The molecular weight excluding hydrogens is 628 g/mol. The number of carbonyl (C=O) groups is 1. The lowest BCUT2D eigenvalue weighted by Crippen LogP contribution is -2.77. The van der Waals surface area contributed by atoms with Crippen LogP contribution >= 0.6 is 67.9 Å². The molecule has 2 saturated heterocycles. The van der Waals surface area contributed by atoms with Gasteiger partial charge in [-0.3, -0.25) is 4.79 Å². The van der Waals surface area contributed by atoms with Gasteiger partial charge in [0.25, 0.3) is 5.79 Å². The number of hydrogen-bond donors (Lipinski definition) is 5. The SMILES string of the molecule is Br.Br.Br.Br.CN[C@@H]1[C@H](O)[C@H](NC)[C@H]2O[C@@]3(O)C(=O)C[C@@H](C)O[C@H]3O[C@@H]2[C@H]1O. The minimum atomic E-state index is -2.23. The molecule has 9 atom stereocenters. The number of aliphatic hydroxyl groups excluding tert-OH is 2. The van der Waals surface area contributed by atoms with Crippen molar-refractivity contribution < 1.29 is 34.3 Å². The van der Waals surface area contributed by atoms with Crippen molar-refractivity contribution in [3.63, 3.8) is 0 Å². The van der Waals surface area contributed by atoms with Crippen LogP contribution in [0.1, 0.15) is 13.3 Å². The van der Waals surface area contributed by atoms with Gasteiger partial charge in [0.05, 0.1) is 24.3 Å². The maximum absolute atomic E-state index is 12.2. The fourth-order valence-electron chi connectivity index (χ4n) is 3.68. The molecule has 0 aromatic carbocycles. The number of aliphatic hydroxyl groups is 3. The maximum atomic E-state index is 12.2. The van der Waals surface area contributed by atoms with Gasteiger partial charge in [0.2, 0.25) is 6.29 Å². The monoisotopic (exact) mass is 652 g/mol. The van der Waals surface area contributed by atoms with E-state index < -0.39 is 60.5 Å². The molecule has 2 aliphatic heterocycles. The van der Waals surface area contributed by atoms with E-state index in [2.05, 4.69) is 10.6 Å². The largest absolute Gasteiger partial charge is 0.390 e. The average molecular weight is 656 g/mol. The van der Waals surface area contributed by atoms with Crippen molar-refractivity contribution in [3.05, 3.63) is 0 Å². The fraction of sp³-hybridized carbons (Fsp3) is 0.929. The first-order chi connectivity index (χ1) is 10.8. The lowest BCUT2D eigenvalue weighted by molar-refractivity contribution is -0.420. The summed E-state index contributed by atoms with van der Waals surface area (Å²) in [5.41, 5.74) is 0. The summed E-state index contributed by atoms with van der Waals surface area (Å²) < 4.78 is 16.8. The molecule has 0 aromatic rings. The summed E-state index contributed by atoms with van der Waals surface area (Å²) in [5, 5.41) is 37.2. The van der Waals surface area contributed by atoms with Crippen LogP contribution in [0.3, 0.4) is 0 Å². The first-order valence-corrected chi connectivity index (χ1v) is 7.78. The van der Waals surface area contributed by atoms with Crippen molar-refractivity contribution in [1.82, 2.24) is 10.6 Å². The van der Waals surface area contributed by atoms with E-state index in [0.717, 1.165) is 0 Å². The predicted molar refractivity (Wildman–Crippen MR) is 118 cm³/mol. The van der Waals surface area contributed by atoms with Gasteiger partial charge in [-0.05, 0) is 21.0 Å². The minimum absolute atomic E-state index is 0. The summed E-state index contributed by atoms with van der Waals surface area (Å²) >= 11 is 0. The molecule has 27 heavy (non-hydrogen) atoms. The lowest BCUT2D eigenvalue weighted by Gasteiger charge is -2.55. The van der Waals surface area contributed by atoms with Crippen molar-refractivity contribution in [2.75, 3.05) is 14.1 Å². The van der Waals surface area contributed by atoms with Crippen molar-refractivity contribution in [1.29, 1.82) is 0 Å². The molecule has 5 N–H and O–H groups in total. The van der Waals surface area contributed by atoms with Crippen LogP contribution in [-0.4, -0.2) is 89.9 Å². The number of nitrogens with one attached hydrogen (secondary N) is 2. The number of rotatable bonds is 2. The Kier molecular flexibility index (Phi) is 13.1. The molecule has 1 saturated carbocycles. The van der Waals surface area contributed by atoms with Crippen LogP contribution < -0.4 is 10.6 Å². The van der Waals surface area contributed by atoms with E-state index in [1.165, 1.54) is 0 Å². The maximum Gasteiger partial charge on any atom is 0.280 e. The molecule has 13 heteroatoms. The van der Waals surface area contributed by atoms with Gasteiger partial charge in [0, 0.05) is 6.42 Å². The third-order valence-corrected chi connectivity index (χ3v) is 4.93. The van der Waals surface area contributed by atoms with Gasteiger partial charge in [-0.25, -0.2) is 0 Å². The van der Waals surface area contributed by atoms with E-state index in [9.17, 15) is 20.1 Å². The summed E-state index contributed by atoms with van der Waals surface area (Å²) in [6.45, 7) is 1.70. The fourth-order valence-corrected chi connectivity index (χ4v) is 3.68. The van der Waals surface area contributed by atoms with Crippen LogP contribution in [0.4, 0.5) is 0 Å². The standard InChI is InChI=1S/C14H24N2O7.4BrH/c1-5-4-6(17)14(20)13(21-5)22-12-10(19)7(15-2)9(18)8(16-3)11(12)23-14;;;;/h5,7-13,15-16,18-20H,4H2,1-3H3;4*1H/t5-,7-,8+,9+,10+,11-,12-,13+,14+;;;;/m1..../s1. The molecule has 0 bridgehead atoms. The average Bonchev–Trinajstić information content (AvgIpc) is 2.49. The van der Waals surface area contributed by atoms with Crippen molar-refractivity contribution in [3.8, 4) is 0 Å². The van der Waals surface area contributed by atoms with Crippen LogP contribution in [0.15, 0.2) is 0 Å². The van der Waals surface area contributed by atoms with Crippen LogP contribution in [-0.2, 0) is 19.0 Å². The molecular formula is C14H28Br4N2O7. The highest BCUT2D eigenvalue weighted by atomic mass is 79.9. The Morgan fingerprint density at radius 2 is 1.52 bits per heavy atom. The molecule has 164 valence electrons. The van der Waals surface area contributed by atoms with Gasteiger partial charge in [-0.1, -0.05) is 0 Å². The second-order valence-corrected chi connectivity index (χ2v) is 6.40. The first kappa shape index (κ1) is 30.5. The molecule has 0 aromatic heterocycles. The zero-order valence-corrected chi connectivity index (χ0v) is 21.8. The number of halogens is 4. The van der Waals surface area contributed by atoms with Gasteiger partial charge in [-0.2, -0.15) is 0 Å². The van der Waals surface area contributed by atoms with Gasteiger partial charge < -0.3 is 40.2 Å². The third kappa shape index (κ3) is 5.13. The molecule has 0 spiro atoms. The highest BCUT2D eigenvalue weighted by Gasteiger charge is 2.63. The number of fused-ring (bicyclic) bond motifs is 2. The van der Waals surface area contributed by atoms with Crippen LogP contribution in [0, 0.1) is 0 Å². The normalized spacial score (nSPS) is 45.6. The van der Waals surface area contributed by atoms with Gasteiger partial charge in [0.1, 0.15) is 18.3 Å². The summed E-state index contributed by atoms with van der Waals surface area (Å²) in [5.74, 6) is -2.76. The summed E-state index contributed by atoms with van der Waals surface area (Å²) in [6.07, 6.45) is -5.58. The topological polar surface area (TPSA) is 130 Å². The summed E-state index contributed by atoms with van der Waals surface area (Å²) in [6, 6.07) is -1.29. The summed E-state index contributed by atoms with van der Waals surface area (Å²) in [4.78, 5) is 12.2. The third-order valence-electron chi connectivity index (χ3n) is 4.93. The quantitative estimate of drug-likeness (QED) is 0.265. The van der Waals surface area contributed by atoms with Crippen molar-refractivity contribution in [2.24, 2.45) is 0 Å². The molecule has 1 aliphatic carbocycles. The highest BCUT2D eigenvalue weighted by Crippen LogP contribution is 2.40. The Hall–Kier alpha value is 1.27. The number of Topliss-reactive ketones (excluding diaryl/α,β-unsaturated/α-hetero) is 1. The number of ether oxygens (including phenoxy) is 3. The van der Waals surface area contributed by atoms with Crippen LogP contribution in [0.5, 0.6) is 0 Å². The Bertz CT molecular complexity index is 494. The molecule has 0 unspecified atom stereocenters. The molecule has 0 amide bonds. The zero-order valence-electron chi connectivity index (χ0n) is 14.9. The Balaban J connectivity index is 0. The van der Waals surface area contributed by atoms with E-state index in [4.69, 9.17) is 14.2 Å². The molecule has 0 radical (unpaired) electrons. The number of ketones is 1. The van der Waals surface area contributed by atoms with E-state index in [0.29, 0.717) is 0 Å². The first-order valence-electron chi connectivity index (χ1n) is 7.78. The van der Waals surface area contributed by atoms with Gasteiger partial charge >= 0.3 is 0 Å². The zero-order chi connectivity index (χ0) is 16.9. The smallest absolute Gasteiger partial charge is 0.280 e. The van der Waals surface area contributed by atoms with Gasteiger partial charge in [-0.15, -0.1) is 67.9 Å². The number of carbonyl (C=O) groups excluding carboxylic acids is 1. The van der Waals surface area contributed by atoms with Crippen LogP contribution in [0.2, 0.25) is 0 Å². The van der Waals surface area contributed by atoms with E-state index in [-0.39, 0.29) is 74.3 Å². The second-order valence-electron chi connectivity index (χ2n) is 6.40. The Morgan fingerprint density at radius 3 is 2.04 bits per heavy atom. The number of likely N-dealkylation sites (N-methyl/N-ethyl adjacent to an activating group) is 2. The number of hydrogen-bond acceptors (Lipinski definition) is 9. The molecule has 9 nitrogen and oxygen atoms in total. The summed E-state index contributed by atoms with van der Waals surface area (Å²) in [7, 11) is 3.24. The molecule has 3 fully saturated rings. The van der Waals surface area contributed by atoms with Crippen molar-refractivity contribution in [2.45, 2.75) is 68.0 Å². The van der Waals surface area contributed by atoms with E-state index in [1.807, 2.05) is 0 Å². The second kappa shape index (κ2) is 11.6. The van der Waals surface area contributed by atoms with Crippen molar-refractivity contribution >= 4 is 73.7 Å². The van der Waals surface area contributed by atoms with Gasteiger partial charge in [0.15, 0.2) is 5.78 Å².